The van der Waals surface area contributed by atoms with E-state index >= 15 is 0 Å². The van der Waals surface area contributed by atoms with Gasteiger partial charge in [0, 0.05) is 6.54 Å². The monoisotopic (exact) mass is 380 g/mol. The molecule has 8 heteroatoms. The van der Waals surface area contributed by atoms with E-state index in [-0.39, 0.29) is 10.7 Å². The van der Waals surface area contributed by atoms with Gasteiger partial charge in [-0.15, -0.1) is 0 Å². The lowest BCUT2D eigenvalue weighted by Gasteiger charge is -2.31. The maximum Gasteiger partial charge on any atom is 0.343 e. The average Bonchev–Trinajstić information content (AvgIpc) is 2.92. The Bertz CT molecular complexity index is 702. The molecule has 1 heterocycles. The SMILES string of the molecule is CCCCn1nc(C)c(C(=O)OCC(=O)NC2(C#N)CCCCC2)c1Cl. The number of rotatable bonds is 7. The van der Waals surface area contributed by atoms with Crippen molar-refractivity contribution in [2.75, 3.05) is 6.61 Å². The number of hydrogen-bond donors (Lipinski definition) is 1. The van der Waals surface area contributed by atoms with Crippen molar-refractivity contribution in [3.8, 4) is 6.07 Å². The van der Waals surface area contributed by atoms with Gasteiger partial charge in [-0.05, 0) is 26.2 Å². The first-order chi connectivity index (χ1) is 12.4. The number of aromatic nitrogens is 2. The maximum atomic E-state index is 12.3. The van der Waals surface area contributed by atoms with Crippen LogP contribution in [-0.4, -0.2) is 33.8 Å². The Morgan fingerprint density at radius 1 is 1.38 bits per heavy atom. The lowest BCUT2D eigenvalue weighted by Crippen LogP contribution is -2.50. The molecule has 0 aromatic carbocycles. The van der Waals surface area contributed by atoms with Crippen molar-refractivity contribution >= 4 is 23.5 Å². The van der Waals surface area contributed by atoms with Gasteiger partial charge in [0.1, 0.15) is 16.3 Å². The van der Waals surface area contributed by atoms with Gasteiger partial charge in [-0.1, -0.05) is 44.2 Å². The number of nitrogens with zero attached hydrogens (tertiary/aromatic N) is 3. The zero-order valence-corrected chi connectivity index (χ0v) is 16.1. The third kappa shape index (κ3) is 4.76. The topological polar surface area (TPSA) is 97.0 Å². The van der Waals surface area contributed by atoms with Crippen LogP contribution < -0.4 is 5.32 Å². The van der Waals surface area contributed by atoms with Crippen molar-refractivity contribution in [2.24, 2.45) is 0 Å². The molecule has 1 aromatic heterocycles. The normalized spacial score (nSPS) is 15.9. The summed E-state index contributed by atoms with van der Waals surface area (Å²) in [6.07, 6.45) is 5.99. The Morgan fingerprint density at radius 3 is 2.69 bits per heavy atom. The predicted octanol–water partition coefficient (Wildman–Crippen LogP) is 3.14. The summed E-state index contributed by atoms with van der Waals surface area (Å²) in [7, 11) is 0. The number of unbranched alkanes of at least 4 members (excludes halogenated alkanes) is 1. The predicted molar refractivity (Wildman–Crippen MR) is 96.7 cm³/mol. The minimum Gasteiger partial charge on any atom is -0.452 e. The van der Waals surface area contributed by atoms with E-state index in [0.29, 0.717) is 25.1 Å². The van der Waals surface area contributed by atoms with E-state index in [1.54, 1.807) is 11.6 Å². The molecule has 1 N–H and O–H groups in total. The summed E-state index contributed by atoms with van der Waals surface area (Å²) >= 11 is 6.23. The van der Waals surface area contributed by atoms with Crippen molar-refractivity contribution in [1.82, 2.24) is 15.1 Å². The molecule has 0 atom stereocenters. The largest absolute Gasteiger partial charge is 0.452 e. The molecule has 1 amide bonds. The fourth-order valence-corrected chi connectivity index (χ4v) is 3.50. The summed E-state index contributed by atoms with van der Waals surface area (Å²) in [5.74, 6) is -1.16. The number of ether oxygens (including phenoxy) is 1. The van der Waals surface area contributed by atoms with E-state index in [1.807, 2.05) is 0 Å². The summed E-state index contributed by atoms with van der Waals surface area (Å²) in [4.78, 5) is 24.4. The van der Waals surface area contributed by atoms with Crippen LogP contribution in [0, 0.1) is 18.3 Å². The van der Waals surface area contributed by atoms with Gasteiger partial charge in [0.15, 0.2) is 6.61 Å². The second-order valence-corrected chi connectivity index (χ2v) is 7.06. The van der Waals surface area contributed by atoms with Gasteiger partial charge in [-0.3, -0.25) is 9.48 Å². The highest BCUT2D eigenvalue weighted by Crippen LogP contribution is 2.27. The third-order valence-corrected chi connectivity index (χ3v) is 5.01. The van der Waals surface area contributed by atoms with Gasteiger partial charge in [0.05, 0.1) is 11.8 Å². The summed E-state index contributed by atoms with van der Waals surface area (Å²) in [6.45, 7) is 3.91. The number of halogens is 1. The number of amides is 1. The molecule has 0 spiro atoms. The molecule has 0 unspecified atom stereocenters. The quantitative estimate of drug-likeness (QED) is 0.733. The molecule has 26 heavy (non-hydrogen) atoms. The summed E-state index contributed by atoms with van der Waals surface area (Å²) < 4.78 is 6.68. The smallest absolute Gasteiger partial charge is 0.343 e. The molecule has 0 radical (unpaired) electrons. The summed E-state index contributed by atoms with van der Waals surface area (Å²) in [5.41, 5.74) is -0.194. The minimum atomic E-state index is -0.847. The Kier molecular flexibility index (Phi) is 7.04. The molecule has 1 aromatic rings. The first kappa shape index (κ1) is 20.2. The van der Waals surface area contributed by atoms with E-state index in [9.17, 15) is 14.9 Å². The molecule has 7 nitrogen and oxygen atoms in total. The van der Waals surface area contributed by atoms with Crippen LogP contribution in [0.5, 0.6) is 0 Å². The molecule has 1 aliphatic rings. The van der Waals surface area contributed by atoms with Gasteiger partial charge in [-0.2, -0.15) is 10.4 Å². The van der Waals surface area contributed by atoms with Gasteiger partial charge >= 0.3 is 5.97 Å². The van der Waals surface area contributed by atoms with Crippen molar-refractivity contribution in [3.63, 3.8) is 0 Å². The number of nitriles is 1. The van der Waals surface area contributed by atoms with Crippen LogP contribution in [-0.2, 0) is 16.1 Å². The number of carbonyl (C=O) groups excluding carboxylic acids is 2. The second-order valence-electron chi connectivity index (χ2n) is 6.71. The van der Waals surface area contributed by atoms with Gasteiger partial charge in [0.25, 0.3) is 5.91 Å². The van der Waals surface area contributed by atoms with Gasteiger partial charge in [0.2, 0.25) is 0 Å². The number of hydrogen-bond acceptors (Lipinski definition) is 5. The Morgan fingerprint density at radius 2 is 2.08 bits per heavy atom. The molecule has 1 aliphatic carbocycles. The lowest BCUT2D eigenvalue weighted by atomic mass is 9.83. The fourth-order valence-electron chi connectivity index (χ4n) is 3.17. The van der Waals surface area contributed by atoms with Gasteiger partial charge in [-0.25, -0.2) is 4.79 Å². The Hall–Kier alpha value is -2.07. The summed E-state index contributed by atoms with van der Waals surface area (Å²) in [6, 6.07) is 2.20. The van der Waals surface area contributed by atoms with E-state index in [1.165, 1.54) is 0 Å². The second kappa shape index (κ2) is 9.04. The van der Waals surface area contributed by atoms with E-state index < -0.39 is 24.0 Å². The fraction of sp³-hybridized carbons (Fsp3) is 0.667. The average molecular weight is 381 g/mol. The Labute approximate surface area is 158 Å². The van der Waals surface area contributed by atoms with Crippen molar-refractivity contribution < 1.29 is 14.3 Å². The van der Waals surface area contributed by atoms with E-state index in [4.69, 9.17) is 16.3 Å². The summed E-state index contributed by atoms with van der Waals surface area (Å²) in [5, 5.41) is 16.6. The molecular formula is C18H25ClN4O3. The molecule has 1 fully saturated rings. The first-order valence-electron chi connectivity index (χ1n) is 9.04. The van der Waals surface area contributed by atoms with E-state index in [0.717, 1.165) is 32.1 Å². The highest BCUT2D eigenvalue weighted by molar-refractivity contribution is 6.32. The van der Waals surface area contributed by atoms with Crippen LogP contribution in [0.2, 0.25) is 5.15 Å². The first-order valence-corrected chi connectivity index (χ1v) is 9.42. The molecule has 0 bridgehead atoms. The third-order valence-electron chi connectivity index (χ3n) is 4.63. The zero-order valence-electron chi connectivity index (χ0n) is 15.3. The van der Waals surface area contributed by atoms with Crippen LogP contribution in [0.1, 0.15) is 67.9 Å². The van der Waals surface area contributed by atoms with Crippen molar-refractivity contribution in [3.05, 3.63) is 16.4 Å². The number of aryl methyl sites for hydroxylation is 2. The number of nitrogens with one attached hydrogen (secondary N) is 1. The van der Waals surface area contributed by atoms with Crippen LogP contribution in [0.15, 0.2) is 0 Å². The Balaban J connectivity index is 1.95. The maximum absolute atomic E-state index is 12.3. The number of esters is 1. The van der Waals surface area contributed by atoms with E-state index in [2.05, 4.69) is 23.4 Å². The van der Waals surface area contributed by atoms with Crippen LogP contribution in [0.25, 0.3) is 0 Å². The standard InChI is InChI=1S/C18H25ClN4O3/c1-3-4-10-23-16(19)15(13(2)22-23)17(25)26-11-14(24)21-18(12-20)8-6-5-7-9-18/h3-11H2,1-2H3,(H,21,24). The molecule has 0 aliphatic heterocycles. The van der Waals surface area contributed by atoms with Gasteiger partial charge < -0.3 is 10.1 Å². The van der Waals surface area contributed by atoms with Crippen LogP contribution in [0.3, 0.4) is 0 Å². The molecule has 142 valence electrons. The van der Waals surface area contributed by atoms with Crippen molar-refractivity contribution in [1.29, 1.82) is 5.26 Å². The van der Waals surface area contributed by atoms with Crippen LogP contribution >= 0.6 is 11.6 Å². The molecular weight excluding hydrogens is 356 g/mol. The molecule has 2 rings (SSSR count). The van der Waals surface area contributed by atoms with Crippen LogP contribution in [0.4, 0.5) is 0 Å². The zero-order chi connectivity index (χ0) is 19.2. The lowest BCUT2D eigenvalue weighted by molar-refractivity contribution is -0.125. The van der Waals surface area contributed by atoms with Crippen molar-refractivity contribution in [2.45, 2.75) is 70.9 Å². The molecule has 0 saturated heterocycles. The molecule has 1 saturated carbocycles. The highest BCUT2D eigenvalue weighted by atomic mass is 35.5. The highest BCUT2D eigenvalue weighted by Gasteiger charge is 2.34. The minimum absolute atomic E-state index is 0.184. The number of carbonyl (C=O) groups is 2.